The van der Waals surface area contributed by atoms with E-state index in [1.807, 2.05) is 36.4 Å². The number of rotatable bonds is 4. The van der Waals surface area contributed by atoms with Gasteiger partial charge < -0.3 is 9.47 Å². The van der Waals surface area contributed by atoms with Gasteiger partial charge in [-0.1, -0.05) is 30.3 Å². The van der Waals surface area contributed by atoms with Crippen LogP contribution in [-0.4, -0.2) is 31.1 Å². The molecule has 1 aliphatic rings. The van der Waals surface area contributed by atoms with Gasteiger partial charge in [-0.15, -0.1) is 0 Å². The molecule has 0 amide bonds. The van der Waals surface area contributed by atoms with Crippen LogP contribution in [0.1, 0.15) is 24.0 Å². The number of esters is 2. The van der Waals surface area contributed by atoms with Gasteiger partial charge >= 0.3 is 11.9 Å². The fourth-order valence-corrected chi connectivity index (χ4v) is 3.34. The van der Waals surface area contributed by atoms with Crippen molar-refractivity contribution in [3.63, 3.8) is 0 Å². The van der Waals surface area contributed by atoms with E-state index in [9.17, 15) is 9.59 Å². The summed E-state index contributed by atoms with van der Waals surface area (Å²) >= 11 is 0. The fraction of sp³-hybridized carbons (Fsp3) is 0.278. The number of nitrogens with zero attached hydrogens (tertiary/aromatic N) is 1. The molecular weight excluding hydrogens is 294 g/mol. The number of hydrogen-bond acceptors (Lipinski definition) is 5. The average molecular weight is 311 g/mol. The van der Waals surface area contributed by atoms with Crippen molar-refractivity contribution >= 4 is 11.9 Å². The number of carbonyl (C=O) groups is 2. The zero-order valence-corrected chi connectivity index (χ0v) is 13.0. The standard InChI is InChI=1S/C18H17NO4/c1-22-15(20)10-18(11-16(21)23-2)13-7-4-3-6-12(13)17-14(18)8-5-9-19-17/h3-9H,10-11H2,1-2H3. The molecule has 23 heavy (non-hydrogen) atoms. The van der Waals surface area contributed by atoms with E-state index in [4.69, 9.17) is 9.47 Å². The number of pyridine rings is 1. The molecule has 118 valence electrons. The molecule has 1 aromatic carbocycles. The second-order valence-corrected chi connectivity index (χ2v) is 5.53. The molecule has 5 heteroatoms. The zero-order chi connectivity index (χ0) is 16.4. The molecule has 0 radical (unpaired) electrons. The van der Waals surface area contributed by atoms with Gasteiger partial charge in [0.25, 0.3) is 0 Å². The molecule has 0 N–H and O–H groups in total. The van der Waals surface area contributed by atoms with E-state index >= 15 is 0 Å². The summed E-state index contributed by atoms with van der Waals surface area (Å²) in [4.78, 5) is 28.6. The molecule has 5 nitrogen and oxygen atoms in total. The highest BCUT2D eigenvalue weighted by Crippen LogP contribution is 2.51. The third-order valence-electron chi connectivity index (χ3n) is 4.37. The molecule has 0 saturated heterocycles. The summed E-state index contributed by atoms with van der Waals surface area (Å²) in [7, 11) is 2.69. The Morgan fingerprint density at radius 3 is 2.22 bits per heavy atom. The second kappa shape index (κ2) is 5.83. The fourth-order valence-electron chi connectivity index (χ4n) is 3.34. The van der Waals surface area contributed by atoms with Crippen LogP contribution in [0.25, 0.3) is 11.3 Å². The molecule has 0 unspecified atom stereocenters. The lowest BCUT2D eigenvalue weighted by atomic mass is 9.73. The van der Waals surface area contributed by atoms with Crippen LogP contribution in [0.5, 0.6) is 0 Å². The van der Waals surface area contributed by atoms with Crippen LogP contribution < -0.4 is 0 Å². The lowest BCUT2D eigenvalue weighted by molar-refractivity contribution is -0.144. The summed E-state index contributed by atoms with van der Waals surface area (Å²) in [5, 5.41) is 0. The first-order valence-corrected chi connectivity index (χ1v) is 7.31. The van der Waals surface area contributed by atoms with Crippen molar-refractivity contribution in [3.8, 4) is 11.3 Å². The van der Waals surface area contributed by atoms with Crippen molar-refractivity contribution in [3.05, 3.63) is 53.7 Å². The van der Waals surface area contributed by atoms with Crippen molar-refractivity contribution in [1.82, 2.24) is 4.98 Å². The van der Waals surface area contributed by atoms with E-state index in [1.54, 1.807) is 6.20 Å². The van der Waals surface area contributed by atoms with Crippen molar-refractivity contribution in [2.75, 3.05) is 14.2 Å². The van der Waals surface area contributed by atoms with E-state index in [0.717, 1.165) is 22.4 Å². The molecule has 0 spiro atoms. The Labute approximate surface area is 134 Å². The molecule has 3 rings (SSSR count). The van der Waals surface area contributed by atoms with E-state index in [1.165, 1.54) is 14.2 Å². The van der Waals surface area contributed by atoms with Gasteiger partial charge in [-0.05, 0) is 17.2 Å². The number of hydrogen-bond donors (Lipinski definition) is 0. The van der Waals surface area contributed by atoms with Gasteiger partial charge in [-0.25, -0.2) is 0 Å². The SMILES string of the molecule is COC(=O)CC1(CC(=O)OC)c2ccccc2-c2ncccc21. The van der Waals surface area contributed by atoms with E-state index < -0.39 is 5.41 Å². The molecule has 1 heterocycles. The maximum Gasteiger partial charge on any atom is 0.306 e. The molecule has 1 aromatic heterocycles. The maximum absolute atomic E-state index is 12.1. The summed E-state index contributed by atoms with van der Waals surface area (Å²) < 4.78 is 9.74. The van der Waals surface area contributed by atoms with Gasteiger partial charge in [-0.2, -0.15) is 0 Å². The van der Waals surface area contributed by atoms with Crippen LogP contribution in [-0.2, 0) is 24.5 Å². The second-order valence-electron chi connectivity index (χ2n) is 5.53. The van der Waals surface area contributed by atoms with Crippen LogP contribution >= 0.6 is 0 Å². The van der Waals surface area contributed by atoms with Crippen molar-refractivity contribution in [1.29, 1.82) is 0 Å². The number of fused-ring (bicyclic) bond motifs is 3. The predicted octanol–water partition coefficient (Wildman–Crippen LogP) is 2.47. The third-order valence-corrected chi connectivity index (χ3v) is 4.37. The van der Waals surface area contributed by atoms with Gasteiger partial charge in [0.2, 0.25) is 0 Å². The number of ether oxygens (including phenoxy) is 2. The van der Waals surface area contributed by atoms with Crippen molar-refractivity contribution < 1.29 is 19.1 Å². The number of aromatic nitrogens is 1. The first-order valence-electron chi connectivity index (χ1n) is 7.31. The highest BCUT2D eigenvalue weighted by Gasteiger charge is 2.47. The Morgan fingerprint density at radius 2 is 1.57 bits per heavy atom. The Hall–Kier alpha value is -2.69. The maximum atomic E-state index is 12.1. The van der Waals surface area contributed by atoms with E-state index in [0.29, 0.717) is 0 Å². The summed E-state index contributed by atoms with van der Waals surface area (Å²) in [5.74, 6) is -0.749. The largest absolute Gasteiger partial charge is 0.469 e. The minimum Gasteiger partial charge on any atom is -0.469 e. The average Bonchev–Trinajstić information content (AvgIpc) is 2.86. The Bertz CT molecular complexity index is 704. The Morgan fingerprint density at radius 1 is 0.957 bits per heavy atom. The molecular formula is C18H17NO4. The molecule has 0 fully saturated rings. The van der Waals surface area contributed by atoms with E-state index in [2.05, 4.69) is 4.98 Å². The highest BCUT2D eigenvalue weighted by atomic mass is 16.5. The molecule has 0 saturated carbocycles. The minimum absolute atomic E-state index is 0.0638. The first kappa shape index (κ1) is 15.2. The van der Waals surface area contributed by atoms with Crippen molar-refractivity contribution in [2.45, 2.75) is 18.3 Å². The topological polar surface area (TPSA) is 65.5 Å². The van der Waals surface area contributed by atoms with Crippen LogP contribution in [0.15, 0.2) is 42.6 Å². The number of methoxy groups -OCH3 is 2. The number of benzene rings is 1. The Kier molecular flexibility index (Phi) is 3.86. The highest BCUT2D eigenvalue weighted by molar-refractivity contribution is 5.86. The third kappa shape index (κ3) is 2.38. The normalized spacial score (nSPS) is 13.8. The van der Waals surface area contributed by atoms with Gasteiger partial charge in [0.05, 0.1) is 32.8 Å². The summed E-state index contributed by atoms with van der Waals surface area (Å²) in [6.45, 7) is 0. The zero-order valence-electron chi connectivity index (χ0n) is 13.0. The predicted molar refractivity (Wildman–Crippen MR) is 83.7 cm³/mol. The lowest BCUT2D eigenvalue weighted by Gasteiger charge is -2.29. The lowest BCUT2D eigenvalue weighted by Crippen LogP contribution is -2.32. The van der Waals surface area contributed by atoms with Gasteiger partial charge in [0, 0.05) is 17.2 Å². The van der Waals surface area contributed by atoms with Crippen LogP contribution in [0.2, 0.25) is 0 Å². The molecule has 0 aliphatic heterocycles. The Balaban J connectivity index is 2.24. The smallest absolute Gasteiger partial charge is 0.306 e. The van der Waals surface area contributed by atoms with Gasteiger partial charge in [-0.3, -0.25) is 14.6 Å². The summed E-state index contributed by atoms with van der Waals surface area (Å²) in [5.41, 5.74) is 2.70. The van der Waals surface area contributed by atoms with Crippen LogP contribution in [0.4, 0.5) is 0 Å². The molecule has 0 atom stereocenters. The molecule has 2 aromatic rings. The number of carbonyl (C=O) groups excluding carboxylic acids is 2. The van der Waals surface area contributed by atoms with E-state index in [-0.39, 0.29) is 24.8 Å². The van der Waals surface area contributed by atoms with Crippen molar-refractivity contribution in [2.24, 2.45) is 0 Å². The summed E-state index contributed by atoms with van der Waals surface area (Å²) in [6, 6.07) is 11.4. The van der Waals surface area contributed by atoms with Gasteiger partial charge in [0.1, 0.15) is 0 Å². The molecule has 1 aliphatic carbocycles. The first-order chi connectivity index (χ1) is 11.1. The monoisotopic (exact) mass is 311 g/mol. The van der Waals surface area contributed by atoms with Crippen LogP contribution in [0, 0.1) is 0 Å². The van der Waals surface area contributed by atoms with Gasteiger partial charge in [0.15, 0.2) is 0 Å². The molecule has 0 bridgehead atoms. The minimum atomic E-state index is -0.805. The summed E-state index contributed by atoms with van der Waals surface area (Å²) in [6.07, 6.45) is 1.84. The van der Waals surface area contributed by atoms with Crippen LogP contribution in [0.3, 0.4) is 0 Å². The quantitative estimate of drug-likeness (QED) is 0.812.